The number of carbonyl (C=O) groups excluding carboxylic acids is 1. The van der Waals surface area contributed by atoms with Gasteiger partial charge in [0, 0.05) is 12.5 Å². The second-order valence-electron chi connectivity index (χ2n) is 2.34. The fourth-order valence-electron chi connectivity index (χ4n) is 0.855. The van der Waals surface area contributed by atoms with Gasteiger partial charge in [0.25, 0.3) is 0 Å². The summed E-state index contributed by atoms with van der Waals surface area (Å²) < 4.78 is 9.49. The lowest BCUT2D eigenvalue weighted by Crippen LogP contribution is -2.40. The molecule has 0 aromatic heterocycles. The Morgan fingerprint density at radius 3 is 3.17 bits per heavy atom. The van der Waals surface area contributed by atoms with E-state index in [1.807, 2.05) is 0 Å². The van der Waals surface area contributed by atoms with Crippen molar-refractivity contribution in [2.75, 3.05) is 26.9 Å². The van der Waals surface area contributed by atoms with Crippen molar-refractivity contribution in [2.45, 2.75) is 6.04 Å². The molecule has 1 unspecified atom stereocenters. The van der Waals surface area contributed by atoms with Crippen LogP contribution >= 0.6 is 0 Å². The van der Waals surface area contributed by atoms with Crippen molar-refractivity contribution in [3.8, 4) is 11.8 Å². The van der Waals surface area contributed by atoms with Gasteiger partial charge in [-0.25, -0.2) is 4.79 Å². The van der Waals surface area contributed by atoms with Crippen molar-refractivity contribution in [3.63, 3.8) is 0 Å². The largest absolute Gasteiger partial charge is 0.459 e. The molecule has 0 bridgehead atoms. The van der Waals surface area contributed by atoms with Gasteiger partial charge in [-0.2, -0.15) is 0 Å². The molecule has 0 aromatic carbocycles. The summed E-state index contributed by atoms with van der Waals surface area (Å²) in [6, 6.07) is -0.0437. The Balaban J connectivity index is 2.35. The van der Waals surface area contributed by atoms with E-state index in [-0.39, 0.29) is 6.04 Å². The Labute approximate surface area is 71.2 Å². The summed E-state index contributed by atoms with van der Waals surface area (Å²) in [7, 11) is 1.31. The van der Waals surface area contributed by atoms with Crippen molar-refractivity contribution in [3.05, 3.63) is 0 Å². The molecular weight excluding hydrogens is 158 g/mol. The zero-order valence-electron chi connectivity index (χ0n) is 6.92. The zero-order chi connectivity index (χ0) is 8.81. The molecule has 66 valence electrons. The highest BCUT2D eigenvalue weighted by atomic mass is 16.5. The van der Waals surface area contributed by atoms with Crippen LogP contribution in [-0.4, -0.2) is 38.9 Å². The van der Waals surface area contributed by atoms with E-state index < -0.39 is 5.97 Å². The van der Waals surface area contributed by atoms with Crippen molar-refractivity contribution in [2.24, 2.45) is 0 Å². The van der Waals surface area contributed by atoms with Gasteiger partial charge in [-0.05, 0) is 0 Å². The van der Waals surface area contributed by atoms with Crippen molar-refractivity contribution in [1.82, 2.24) is 5.32 Å². The molecule has 1 aliphatic rings. The summed E-state index contributed by atoms with van der Waals surface area (Å²) >= 11 is 0. The molecule has 0 saturated carbocycles. The summed E-state index contributed by atoms with van der Waals surface area (Å²) in [4.78, 5) is 10.6. The predicted octanol–water partition coefficient (Wildman–Crippen LogP) is -0.849. The maximum absolute atomic E-state index is 10.6. The molecular formula is C8H11NO3. The van der Waals surface area contributed by atoms with Gasteiger partial charge in [0.2, 0.25) is 0 Å². The average molecular weight is 169 g/mol. The second-order valence-corrected chi connectivity index (χ2v) is 2.34. The molecule has 4 nitrogen and oxygen atoms in total. The minimum atomic E-state index is -0.512. The normalized spacial score (nSPS) is 22.2. The number of methoxy groups -OCH3 is 1. The Morgan fingerprint density at radius 2 is 2.58 bits per heavy atom. The topological polar surface area (TPSA) is 47.6 Å². The van der Waals surface area contributed by atoms with Gasteiger partial charge in [0.15, 0.2) is 0 Å². The van der Waals surface area contributed by atoms with Gasteiger partial charge in [-0.3, -0.25) is 5.32 Å². The van der Waals surface area contributed by atoms with Gasteiger partial charge in [-0.1, -0.05) is 5.92 Å². The third-order valence-corrected chi connectivity index (χ3v) is 1.46. The lowest BCUT2D eigenvalue weighted by Gasteiger charge is -2.18. The molecule has 0 aromatic rings. The maximum atomic E-state index is 10.6. The van der Waals surface area contributed by atoms with Crippen molar-refractivity contribution in [1.29, 1.82) is 0 Å². The smallest absolute Gasteiger partial charge is 0.384 e. The molecule has 1 fully saturated rings. The number of hydrogen-bond donors (Lipinski definition) is 1. The highest BCUT2D eigenvalue weighted by molar-refractivity contribution is 5.88. The molecule has 1 heterocycles. The van der Waals surface area contributed by atoms with Gasteiger partial charge in [0.05, 0.1) is 26.4 Å². The quantitative estimate of drug-likeness (QED) is 0.291. The first-order valence-electron chi connectivity index (χ1n) is 3.73. The monoisotopic (exact) mass is 169 g/mol. The molecule has 0 spiro atoms. The lowest BCUT2D eigenvalue weighted by atomic mass is 10.3. The lowest BCUT2D eigenvalue weighted by molar-refractivity contribution is -0.133. The minimum absolute atomic E-state index is 0.0437. The highest BCUT2D eigenvalue weighted by Gasteiger charge is 2.09. The molecule has 1 aliphatic heterocycles. The van der Waals surface area contributed by atoms with Crippen LogP contribution < -0.4 is 5.32 Å². The predicted molar refractivity (Wildman–Crippen MR) is 42.4 cm³/mol. The van der Waals surface area contributed by atoms with E-state index in [0.717, 1.165) is 6.54 Å². The van der Waals surface area contributed by atoms with E-state index in [9.17, 15) is 4.79 Å². The maximum Gasteiger partial charge on any atom is 0.384 e. The number of rotatable bonds is 0. The summed E-state index contributed by atoms with van der Waals surface area (Å²) in [5.74, 6) is 4.55. The van der Waals surface area contributed by atoms with Gasteiger partial charge < -0.3 is 9.47 Å². The Kier molecular flexibility index (Phi) is 3.58. The molecule has 1 atom stereocenters. The van der Waals surface area contributed by atoms with Crippen LogP contribution in [0.25, 0.3) is 0 Å². The number of hydrogen-bond acceptors (Lipinski definition) is 4. The molecule has 12 heavy (non-hydrogen) atoms. The van der Waals surface area contributed by atoms with E-state index >= 15 is 0 Å². The summed E-state index contributed by atoms with van der Waals surface area (Å²) in [6.07, 6.45) is 0. The van der Waals surface area contributed by atoms with Crippen LogP contribution in [0.15, 0.2) is 0 Å². The summed E-state index contributed by atoms with van der Waals surface area (Å²) in [5, 5.41) is 3.09. The molecule has 0 radical (unpaired) electrons. The van der Waals surface area contributed by atoms with E-state index in [2.05, 4.69) is 21.9 Å². The third kappa shape index (κ3) is 2.91. The number of morpholine rings is 1. The van der Waals surface area contributed by atoms with Crippen LogP contribution in [0.5, 0.6) is 0 Å². The highest BCUT2D eigenvalue weighted by Crippen LogP contribution is 1.90. The fraction of sp³-hybridized carbons (Fsp3) is 0.625. The summed E-state index contributed by atoms with van der Waals surface area (Å²) in [6.45, 7) is 2.01. The average Bonchev–Trinajstić information content (AvgIpc) is 2.16. The van der Waals surface area contributed by atoms with Crippen LogP contribution in [0, 0.1) is 11.8 Å². The third-order valence-electron chi connectivity index (χ3n) is 1.46. The first-order chi connectivity index (χ1) is 5.83. The van der Waals surface area contributed by atoms with E-state index in [1.54, 1.807) is 0 Å². The first-order valence-corrected chi connectivity index (χ1v) is 3.73. The van der Waals surface area contributed by atoms with Gasteiger partial charge in [0.1, 0.15) is 0 Å². The van der Waals surface area contributed by atoms with Crippen LogP contribution in [0.4, 0.5) is 0 Å². The van der Waals surface area contributed by atoms with Crippen molar-refractivity contribution < 1.29 is 14.3 Å². The molecule has 1 saturated heterocycles. The van der Waals surface area contributed by atoms with Crippen molar-refractivity contribution >= 4 is 5.97 Å². The number of carbonyl (C=O) groups is 1. The SMILES string of the molecule is COC(=O)C#CC1COCCN1. The number of ether oxygens (including phenoxy) is 2. The molecule has 4 heteroatoms. The minimum Gasteiger partial charge on any atom is -0.459 e. The van der Waals surface area contributed by atoms with Crippen LogP contribution in [0.2, 0.25) is 0 Å². The Hall–Kier alpha value is -1.05. The second kappa shape index (κ2) is 4.75. The molecule has 1 N–H and O–H groups in total. The molecule has 1 rings (SSSR count). The first kappa shape index (κ1) is 9.04. The van der Waals surface area contributed by atoms with Gasteiger partial charge in [-0.15, -0.1) is 0 Å². The molecule has 0 amide bonds. The van der Waals surface area contributed by atoms with E-state index in [0.29, 0.717) is 13.2 Å². The number of esters is 1. The van der Waals surface area contributed by atoms with Gasteiger partial charge >= 0.3 is 5.97 Å². The Morgan fingerprint density at radius 1 is 1.75 bits per heavy atom. The number of nitrogens with one attached hydrogen (secondary N) is 1. The standard InChI is InChI=1S/C8H11NO3/c1-11-8(10)3-2-7-6-12-5-4-9-7/h7,9H,4-6H2,1H3. The molecule has 0 aliphatic carbocycles. The van der Waals surface area contributed by atoms with Crippen LogP contribution in [0.1, 0.15) is 0 Å². The Bertz CT molecular complexity index is 210. The zero-order valence-corrected chi connectivity index (χ0v) is 6.92. The van der Waals surface area contributed by atoms with Crippen LogP contribution in [0.3, 0.4) is 0 Å². The van der Waals surface area contributed by atoms with E-state index in [1.165, 1.54) is 7.11 Å². The fourth-order valence-corrected chi connectivity index (χ4v) is 0.855. The van der Waals surface area contributed by atoms with E-state index in [4.69, 9.17) is 4.74 Å². The van der Waals surface area contributed by atoms with Crippen LogP contribution in [-0.2, 0) is 14.3 Å². The summed E-state index contributed by atoms with van der Waals surface area (Å²) in [5.41, 5.74) is 0.